The average Bonchev–Trinajstić information content (AvgIpc) is 2.59. The van der Waals surface area contributed by atoms with Crippen molar-refractivity contribution in [1.82, 2.24) is 4.98 Å². The number of aromatic nitrogens is 1. The standard InChI is InChI=1S/C10H9ClN2O/c11-7-1-2-8-6(3-7)4-9(13-8)10(14)5-12/h1-4,13H,5,12H2. The zero-order valence-electron chi connectivity index (χ0n) is 7.38. The first-order chi connectivity index (χ1) is 6.70. The Balaban J connectivity index is 2.56. The van der Waals surface area contributed by atoms with Crippen molar-refractivity contribution in [2.75, 3.05) is 6.54 Å². The van der Waals surface area contributed by atoms with Crippen LogP contribution >= 0.6 is 11.6 Å². The SMILES string of the molecule is NCC(=O)c1cc2cc(Cl)ccc2[nH]1. The summed E-state index contributed by atoms with van der Waals surface area (Å²) in [6.07, 6.45) is 0. The molecule has 0 spiro atoms. The lowest BCUT2D eigenvalue weighted by atomic mass is 10.2. The molecule has 3 N–H and O–H groups in total. The molecule has 1 aromatic carbocycles. The van der Waals surface area contributed by atoms with Gasteiger partial charge in [0.15, 0.2) is 5.78 Å². The van der Waals surface area contributed by atoms with E-state index in [1.165, 1.54) is 0 Å². The Kier molecular flexibility index (Phi) is 2.27. The molecule has 0 saturated carbocycles. The minimum Gasteiger partial charge on any atom is -0.352 e. The van der Waals surface area contributed by atoms with Crippen LogP contribution in [0.2, 0.25) is 5.02 Å². The molecule has 14 heavy (non-hydrogen) atoms. The van der Waals surface area contributed by atoms with Gasteiger partial charge in [-0.2, -0.15) is 0 Å². The van der Waals surface area contributed by atoms with E-state index in [9.17, 15) is 4.79 Å². The lowest BCUT2D eigenvalue weighted by molar-refractivity contribution is 0.0997. The van der Waals surface area contributed by atoms with E-state index < -0.39 is 0 Å². The number of ketones is 1. The largest absolute Gasteiger partial charge is 0.352 e. The minimum absolute atomic E-state index is 0.0144. The molecule has 1 aromatic heterocycles. The van der Waals surface area contributed by atoms with Gasteiger partial charge in [0.1, 0.15) is 0 Å². The van der Waals surface area contributed by atoms with E-state index in [1.807, 2.05) is 6.07 Å². The minimum atomic E-state index is -0.0997. The number of carbonyl (C=O) groups excluding carboxylic acids is 1. The molecule has 0 unspecified atom stereocenters. The summed E-state index contributed by atoms with van der Waals surface area (Å²) in [6, 6.07) is 7.18. The number of halogens is 1. The molecule has 0 saturated heterocycles. The van der Waals surface area contributed by atoms with Crippen LogP contribution in [0.25, 0.3) is 10.9 Å². The van der Waals surface area contributed by atoms with Crippen LogP contribution in [0.1, 0.15) is 10.5 Å². The Morgan fingerprint density at radius 2 is 2.21 bits per heavy atom. The topological polar surface area (TPSA) is 58.9 Å². The first-order valence-corrected chi connectivity index (χ1v) is 4.60. The van der Waals surface area contributed by atoms with Crippen molar-refractivity contribution in [3.8, 4) is 0 Å². The highest BCUT2D eigenvalue weighted by atomic mass is 35.5. The summed E-state index contributed by atoms with van der Waals surface area (Å²) in [5.74, 6) is -0.0997. The number of Topliss-reactive ketones (excluding diaryl/α,β-unsaturated/α-hetero) is 1. The fraction of sp³-hybridized carbons (Fsp3) is 0.100. The highest BCUT2D eigenvalue weighted by Crippen LogP contribution is 2.20. The van der Waals surface area contributed by atoms with Crippen LogP contribution < -0.4 is 5.73 Å². The Labute approximate surface area is 85.9 Å². The predicted octanol–water partition coefficient (Wildman–Crippen LogP) is 1.96. The highest BCUT2D eigenvalue weighted by Gasteiger charge is 2.07. The molecule has 0 atom stereocenters. The maximum atomic E-state index is 11.3. The van der Waals surface area contributed by atoms with Crippen LogP contribution in [0.5, 0.6) is 0 Å². The van der Waals surface area contributed by atoms with Crippen molar-refractivity contribution in [2.24, 2.45) is 5.73 Å². The molecule has 0 fully saturated rings. The first-order valence-electron chi connectivity index (χ1n) is 4.22. The van der Waals surface area contributed by atoms with E-state index >= 15 is 0 Å². The Hall–Kier alpha value is -1.32. The number of hydrogen-bond donors (Lipinski definition) is 2. The predicted molar refractivity (Wildman–Crippen MR) is 56.7 cm³/mol. The molecule has 2 rings (SSSR count). The van der Waals surface area contributed by atoms with Crippen LogP contribution in [-0.4, -0.2) is 17.3 Å². The Morgan fingerprint density at radius 3 is 2.93 bits per heavy atom. The summed E-state index contributed by atoms with van der Waals surface area (Å²) in [6.45, 7) is 0.0144. The van der Waals surface area contributed by atoms with Gasteiger partial charge in [-0.15, -0.1) is 0 Å². The molecule has 0 aliphatic rings. The van der Waals surface area contributed by atoms with E-state index in [1.54, 1.807) is 18.2 Å². The summed E-state index contributed by atoms with van der Waals surface area (Å²) in [7, 11) is 0. The second-order valence-corrected chi connectivity index (χ2v) is 3.48. The smallest absolute Gasteiger partial charge is 0.192 e. The number of carbonyl (C=O) groups is 1. The molecule has 0 amide bonds. The number of hydrogen-bond acceptors (Lipinski definition) is 2. The molecule has 3 nitrogen and oxygen atoms in total. The van der Waals surface area contributed by atoms with Crippen molar-refractivity contribution >= 4 is 28.3 Å². The van der Waals surface area contributed by atoms with Crippen molar-refractivity contribution < 1.29 is 4.79 Å². The molecule has 0 aliphatic carbocycles. The van der Waals surface area contributed by atoms with Crippen molar-refractivity contribution in [3.63, 3.8) is 0 Å². The Morgan fingerprint density at radius 1 is 1.43 bits per heavy atom. The summed E-state index contributed by atoms with van der Waals surface area (Å²) in [5.41, 5.74) is 6.69. The maximum absolute atomic E-state index is 11.3. The van der Waals surface area contributed by atoms with E-state index in [-0.39, 0.29) is 12.3 Å². The van der Waals surface area contributed by atoms with Gasteiger partial charge in [0.05, 0.1) is 12.2 Å². The van der Waals surface area contributed by atoms with E-state index in [2.05, 4.69) is 4.98 Å². The average molecular weight is 209 g/mol. The molecule has 0 aliphatic heterocycles. The van der Waals surface area contributed by atoms with Crippen LogP contribution in [0.4, 0.5) is 0 Å². The monoisotopic (exact) mass is 208 g/mol. The number of benzene rings is 1. The second-order valence-electron chi connectivity index (χ2n) is 3.04. The fourth-order valence-electron chi connectivity index (χ4n) is 1.36. The van der Waals surface area contributed by atoms with E-state index in [0.717, 1.165) is 10.9 Å². The number of H-pyrrole nitrogens is 1. The molecular weight excluding hydrogens is 200 g/mol. The molecule has 4 heteroatoms. The zero-order valence-corrected chi connectivity index (χ0v) is 8.14. The quantitative estimate of drug-likeness (QED) is 0.742. The van der Waals surface area contributed by atoms with Gasteiger partial charge in [0, 0.05) is 15.9 Å². The van der Waals surface area contributed by atoms with Crippen molar-refractivity contribution in [1.29, 1.82) is 0 Å². The normalized spacial score (nSPS) is 10.7. The van der Waals surface area contributed by atoms with Crippen molar-refractivity contribution in [3.05, 3.63) is 35.0 Å². The molecule has 2 aromatic rings. The lowest BCUT2D eigenvalue weighted by Crippen LogP contribution is -2.13. The first kappa shape index (κ1) is 9.24. The van der Waals surface area contributed by atoms with Gasteiger partial charge in [-0.25, -0.2) is 0 Å². The lowest BCUT2D eigenvalue weighted by Gasteiger charge is -1.90. The van der Waals surface area contributed by atoms with Gasteiger partial charge in [-0.1, -0.05) is 11.6 Å². The summed E-state index contributed by atoms with van der Waals surface area (Å²) in [4.78, 5) is 14.3. The number of nitrogens with two attached hydrogens (primary N) is 1. The third-order valence-corrected chi connectivity index (χ3v) is 2.30. The maximum Gasteiger partial charge on any atom is 0.192 e. The fourth-order valence-corrected chi connectivity index (χ4v) is 1.54. The van der Waals surface area contributed by atoms with Gasteiger partial charge in [0.2, 0.25) is 0 Å². The number of nitrogens with one attached hydrogen (secondary N) is 1. The third-order valence-electron chi connectivity index (χ3n) is 2.07. The van der Waals surface area contributed by atoms with Gasteiger partial charge < -0.3 is 10.7 Å². The number of fused-ring (bicyclic) bond motifs is 1. The Bertz CT molecular complexity index is 490. The van der Waals surface area contributed by atoms with Crippen LogP contribution in [0, 0.1) is 0 Å². The molecule has 72 valence electrons. The van der Waals surface area contributed by atoms with E-state index in [4.69, 9.17) is 17.3 Å². The zero-order chi connectivity index (χ0) is 10.1. The van der Waals surface area contributed by atoms with Crippen molar-refractivity contribution in [2.45, 2.75) is 0 Å². The second kappa shape index (κ2) is 3.44. The molecule has 1 heterocycles. The van der Waals surface area contributed by atoms with Crippen LogP contribution in [-0.2, 0) is 0 Å². The summed E-state index contributed by atoms with van der Waals surface area (Å²) < 4.78 is 0. The molecule has 0 radical (unpaired) electrons. The van der Waals surface area contributed by atoms with Gasteiger partial charge in [-0.3, -0.25) is 4.79 Å². The van der Waals surface area contributed by atoms with Crippen LogP contribution in [0.3, 0.4) is 0 Å². The summed E-state index contributed by atoms with van der Waals surface area (Å²) in [5, 5.41) is 1.58. The van der Waals surface area contributed by atoms with E-state index in [0.29, 0.717) is 10.7 Å². The van der Waals surface area contributed by atoms with Gasteiger partial charge >= 0.3 is 0 Å². The van der Waals surface area contributed by atoms with Gasteiger partial charge in [0.25, 0.3) is 0 Å². The summed E-state index contributed by atoms with van der Waals surface area (Å²) >= 11 is 5.82. The van der Waals surface area contributed by atoms with Gasteiger partial charge in [-0.05, 0) is 24.3 Å². The number of aromatic amines is 1. The molecule has 0 bridgehead atoms. The van der Waals surface area contributed by atoms with Crippen LogP contribution in [0.15, 0.2) is 24.3 Å². The molecular formula is C10H9ClN2O. The number of rotatable bonds is 2. The third kappa shape index (κ3) is 1.52. The highest BCUT2D eigenvalue weighted by molar-refractivity contribution is 6.31.